The van der Waals surface area contributed by atoms with E-state index in [1.54, 1.807) is 0 Å². The van der Waals surface area contributed by atoms with E-state index < -0.39 is 6.49 Å². The van der Waals surface area contributed by atoms with Gasteiger partial charge in [-0.2, -0.15) is 0 Å². The van der Waals surface area contributed by atoms with Gasteiger partial charge in [0.25, 0.3) is 0 Å². The van der Waals surface area contributed by atoms with Crippen molar-refractivity contribution in [3.8, 4) is 0 Å². The van der Waals surface area contributed by atoms with Crippen LogP contribution in [-0.2, 0) is 4.57 Å². The van der Waals surface area contributed by atoms with Crippen LogP contribution in [0, 0.1) is 0 Å². The summed E-state index contributed by atoms with van der Waals surface area (Å²) in [6.07, 6.45) is 39.7. The molecule has 0 rings (SSSR count). The molecular formula is C32H66ClOP. The molecule has 0 aliphatic heterocycles. The molecule has 0 heterocycles. The summed E-state index contributed by atoms with van der Waals surface area (Å²) in [5.41, 5.74) is 0. The summed E-state index contributed by atoms with van der Waals surface area (Å²) in [6.45, 7) is 2.19. The van der Waals surface area contributed by atoms with Gasteiger partial charge in [0.1, 0.15) is 0 Å². The average Bonchev–Trinajstić information content (AvgIpc) is 2.84. The molecule has 0 aromatic carbocycles. The van der Waals surface area contributed by atoms with Crippen molar-refractivity contribution in [3.63, 3.8) is 0 Å². The largest absolute Gasteiger partial charge is 0.307 e. The summed E-state index contributed by atoms with van der Waals surface area (Å²) in [7, 11) is 0. The number of hydrogen-bond donors (Lipinski definition) is 0. The fourth-order valence-electron chi connectivity index (χ4n) is 5.20. The van der Waals surface area contributed by atoms with E-state index in [2.05, 4.69) is 13.8 Å². The van der Waals surface area contributed by atoms with Crippen LogP contribution in [0.2, 0.25) is 0 Å². The molecular weight excluding hydrogens is 467 g/mol. The molecule has 0 atom stereocenters. The van der Waals surface area contributed by atoms with Gasteiger partial charge in [-0.05, 0) is 12.8 Å². The number of hydrogen-bond acceptors (Lipinski definition) is 1. The summed E-state index contributed by atoms with van der Waals surface area (Å²) < 4.78 is 12.6. The highest BCUT2D eigenvalue weighted by atomic mass is 35.7. The van der Waals surface area contributed by atoms with Crippen LogP contribution in [0.15, 0.2) is 0 Å². The van der Waals surface area contributed by atoms with Crippen molar-refractivity contribution in [3.05, 3.63) is 0 Å². The van der Waals surface area contributed by atoms with Crippen LogP contribution in [0.3, 0.4) is 0 Å². The summed E-state index contributed by atoms with van der Waals surface area (Å²) >= 11 is 6.39. The highest BCUT2D eigenvalue weighted by Gasteiger charge is 2.16. The molecule has 0 saturated heterocycles. The van der Waals surface area contributed by atoms with Crippen molar-refractivity contribution in [2.24, 2.45) is 0 Å². The van der Waals surface area contributed by atoms with E-state index in [0.29, 0.717) is 0 Å². The minimum absolute atomic E-state index is 0.769. The Labute approximate surface area is 227 Å². The minimum Gasteiger partial charge on any atom is -0.307 e. The molecule has 0 spiro atoms. The van der Waals surface area contributed by atoms with Crippen LogP contribution < -0.4 is 0 Å². The smallest absolute Gasteiger partial charge is 0.169 e. The maximum Gasteiger partial charge on any atom is 0.169 e. The van der Waals surface area contributed by atoms with Crippen LogP contribution >= 0.6 is 17.7 Å². The maximum absolute atomic E-state index is 12.6. The van der Waals surface area contributed by atoms with Crippen molar-refractivity contribution in [1.29, 1.82) is 0 Å². The van der Waals surface area contributed by atoms with Crippen molar-refractivity contribution in [2.45, 2.75) is 194 Å². The zero-order valence-corrected chi connectivity index (χ0v) is 26.1. The topological polar surface area (TPSA) is 17.1 Å². The molecule has 0 saturated carbocycles. The maximum atomic E-state index is 12.6. The van der Waals surface area contributed by atoms with E-state index in [0.717, 1.165) is 25.2 Å². The number of unbranched alkanes of at least 4 members (excludes halogenated alkanes) is 26. The molecule has 1 nitrogen and oxygen atoms in total. The van der Waals surface area contributed by atoms with Gasteiger partial charge in [0, 0.05) is 12.3 Å². The monoisotopic (exact) mass is 532 g/mol. The molecule has 0 amide bonds. The molecule has 0 aliphatic carbocycles. The Balaban J connectivity index is 3.28. The van der Waals surface area contributed by atoms with Gasteiger partial charge >= 0.3 is 0 Å². The molecule has 0 aromatic heterocycles. The van der Waals surface area contributed by atoms with Gasteiger partial charge in [0.2, 0.25) is 0 Å². The molecule has 0 radical (unpaired) electrons. The van der Waals surface area contributed by atoms with Crippen LogP contribution in [0.25, 0.3) is 0 Å². The van der Waals surface area contributed by atoms with E-state index >= 15 is 0 Å². The molecule has 0 aliphatic rings. The minimum atomic E-state index is -2.39. The Morgan fingerprint density at radius 2 is 0.514 bits per heavy atom. The van der Waals surface area contributed by atoms with E-state index in [1.807, 2.05) is 0 Å². The predicted molar refractivity (Wildman–Crippen MR) is 164 cm³/mol. The zero-order valence-electron chi connectivity index (χ0n) is 24.4. The Morgan fingerprint density at radius 1 is 0.343 bits per heavy atom. The Bertz CT molecular complexity index is 403. The standard InChI is InChI=1S/C32H66ClOP/c1-3-5-7-9-11-13-15-17-19-21-23-25-27-29-31-35(33,34)32-30-28-26-24-22-20-18-16-14-12-10-8-6-4-2/h3-32H2,1-2H3. The first-order chi connectivity index (χ1) is 17.1. The predicted octanol–water partition coefficient (Wildman–Crippen LogP) is 13.5. The highest BCUT2D eigenvalue weighted by molar-refractivity contribution is 7.89. The third kappa shape index (κ3) is 30.6. The van der Waals surface area contributed by atoms with Crippen molar-refractivity contribution >= 4 is 17.7 Å². The molecule has 35 heavy (non-hydrogen) atoms. The van der Waals surface area contributed by atoms with E-state index in [-0.39, 0.29) is 0 Å². The molecule has 0 aromatic rings. The van der Waals surface area contributed by atoms with Crippen LogP contribution in [0.1, 0.15) is 194 Å². The lowest BCUT2D eigenvalue weighted by Gasteiger charge is -2.10. The highest BCUT2D eigenvalue weighted by Crippen LogP contribution is 2.52. The first kappa shape index (κ1) is 35.5. The van der Waals surface area contributed by atoms with Crippen LogP contribution in [-0.4, -0.2) is 12.3 Å². The third-order valence-electron chi connectivity index (χ3n) is 7.69. The van der Waals surface area contributed by atoms with Crippen molar-refractivity contribution in [2.75, 3.05) is 12.3 Å². The lowest BCUT2D eigenvalue weighted by atomic mass is 10.0. The van der Waals surface area contributed by atoms with E-state index in [1.165, 1.54) is 167 Å². The van der Waals surface area contributed by atoms with Gasteiger partial charge in [-0.15, -0.1) is 0 Å². The van der Waals surface area contributed by atoms with Gasteiger partial charge in [0.05, 0.1) is 0 Å². The lowest BCUT2D eigenvalue weighted by molar-refractivity contribution is 0.535. The second-order valence-electron chi connectivity index (χ2n) is 11.4. The summed E-state index contributed by atoms with van der Waals surface area (Å²) in [5.74, 6) is 0. The van der Waals surface area contributed by atoms with Crippen LogP contribution in [0.4, 0.5) is 0 Å². The van der Waals surface area contributed by atoms with Crippen molar-refractivity contribution < 1.29 is 4.57 Å². The van der Waals surface area contributed by atoms with E-state index in [4.69, 9.17) is 11.2 Å². The molecule has 0 fully saturated rings. The number of halogens is 1. The van der Waals surface area contributed by atoms with Gasteiger partial charge in [0.15, 0.2) is 6.49 Å². The van der Waals surface area contributed by atoms with E-state index in [9.17, 15) is 4.57 Å². The summed E-state index contributed by atoms with van der Waals surface area (Å²) in [4.78, 5) is 0. The lowest BCUT2D eigenvalue weighted by Crippen LogP contribution is -1.92. The molecule has 212 valence electrons. The summed E-state index contributed by atoms with van der Waals surface area (Å²) in [6, 6.07) is 0. The van der Waals surface area contributed by atoms with Gasteiger partial charge < -0.3 is 4.57 Å². The molecule has 3 heteroatoms. The van der Waals surface area contributed by atoms with Gasteiger partial charge in [-0.25, -0.2) is 0 Å². The quantitative estimate of drug-likeness (QED) is 0.0663. The first-order valence-electron chi connectivity index (χ1n) is 16.4. The van der Waals surface area contributed by atoms with Gasteiger partial charge in [-0.3, -0.25) is 0 Å². The second kappa shape index (κ2) is 29.1. The second-order valence-corrected chi connectivity index (χ2v) is 15.8. The summed E-state index contributed by atoms with van der Waals surface area (Å²) in [5, 5.41) is 0. The fourth-order valence-corrected chi connectivity index (χ4v) is 7.53. The first-order valence-corrected chi connectivity index (χ1v) is 19.4. The normalized spacial score (nSPS) is 12.0. The molecule has 0 N–H and O–H groups in total. The molecule has 0 bridgehead atoms. The Kier molecular flexibility index (Phi) is 29.5. The SMILES string of the molecule is CCCCCCCCCCCCCCCCP(=O)(Cl)CCCCCCCCCCCCCCCC. The van der Waals surface area contributed by atoms with Gasteiger partial charge in [-0.1, -0.05) is 192 Å². The van der Waals surface area contributed by atoms with Crippen molar-refractivity contribution in [1.82, 2.24) is 0 Å². The Morgan fingerprint density at radius 3 is 0.714 bits per heavy atom. The van der Waals surface area contributed by atoms with Crippen LogP contribution in [0.5, 0.6) is 0 Å². The molecule has 0 unspecified atom stereocenters. The fraction of sp³-hybridized carbons (Fsp3) is 1.00. The number of rotatable bonds is 30. The average molecular weight is 533 g/mol. The third-order valence-corrected chi connectivity index (χ3v) is 10.7. The Hall–Kier alpha value is 0.520. The zero-order chi connectivity index (χ0) is 25.7.